The Morgan fingerprint density at radius 3 is 3.00 bits per heavy atom. The molecule has 0 saturated carbocycles. The molecule has 3 aliphatic heterocycles. The maximum absolute atomic E-state index is 11.7. The van der Waals surface area contributed by atoms with E-state index in [1.165, 1.54) is 18.4 Å². The van der Waals surface area contributed by atoms with E-state index in [-0.39, 0.29) is 5.97 Å². The molecule has 3 heterocycles. The van der Waals surface area contributed by atoms with Crippen LogP contribution in [0.1, 0.15) is 40.0 Å². The van der Waals surface area contributed by atoms with Crippen LogP contribution >= 0.6 is 0 Å². The van der Waals surface area contributed by atoms with Crippen LogP contribution in [0.5, 0.6) is 0 Å². The van der Waals surface area contributed by atoms with Crippen LogP contribution in [0.2, 0.25) is 0 Å². The molecule has 0 radical (unpaired) electrons. The molecule has 0 aromatic heterocycles. The summed E-state index contributed by atoms with van der Waals surface area (Å²) in [6.07, 6.45) is 7.56. The van der Waals surface area contributed by atoms with Gasteiger partial charge in [-0.25, -0.2) is 4.79 Å². The Morgan fingerprint density at radius 2 is 2.22 bits per heavy atom. The fraction of sp³-hybridized carbons (Fsp3) is 0.667. The molecule has 0 N–H and O–H groups in total. The fourth-order valence-corrected chi connectivity index (χ4v) is 3.89. The van der Waals surface area contributed by atoms with Crippen molar-refractivity contribution in [2.75, 3.05) is 6.54 Å². The third-order valence-corrected chi connectivity index (χ3v) is 4.73. The van der Waals surface area contributed by atoms with Crippen molar-refractivity contribution >= 4 is 5.97 Å². The van der Waals surface area contributed by atoms with E-state index in [0.29, 0.717) is 12.1 Å². The largest absolute Gasteiger partial charge is 0.450 e. The van der Waals surface area contributed by atoms with Gasteiger partial charge in [0, 0.05) is 17.7 Å². The van der Waals surface area contributed by atoms with Crippen molar-refractivity contribution in [2.45, 2.75) is 57.7 Å². The predicted octanol–water partition coefficient (Wildman–Crippen LogP) is 2.43. The summed E-state index contributed by atoms with van der Waals surface area (Å²) in [5, 5.41) is 0. The quantitative estimate of drug-likeness (QED) is 0.616. The molecule has 0 aliphatic carbocycles. The van der Waals surface area contributed by atoms with Gasteiger partial charge < -0.3 is 4.74 Å². The minimum atomic E-state index is -0.442. The van der Waals surface area contributed by atoms with Crippen molar-refractivity contribution in [1.29, 1.82) is 0 Å². The number of fused-ring (bicyclic) bond motifs is 3. The first-order chi connectivity index (χ1) is 8.52. The zero-order chi connectivity index (χ0) is 12.9. The van der Waals surface area contributed by atoms with Gasteiger partial charge >= 0.3 is 5.97 Å². The zero-order valence-corrected chi connectivity index (χ0v) is 11.4. The van der Waals surface area contributed by atoms with E-state index in [0.717, 1.165) is 18.5 Å². The average molecular weight is 247 g/mol. The Bertz CT molecular complexity index is 451. The number of esters is 1. The zero-order valence-electron chi connectivity index (χ0n) is 11.4. The van der Waals surface area contributed by atoms with Crippen LogP contribution in [0.3, 0.4) is 0 Å². The molecule has 3 atom stereocenters. The maximum atomic E-state index is 11.7. The van der Waals surface area contributed by atoms with Crippen LogP contribution in [-0.2, 0) is 9.53 Å². The minimum Gasteiger partial charge on any atom is -0.450 e. The lowest BCUT2D eigenvalue weighted by atomic mass is 9.81. The Kier molecular flexibility index (Phi) is 2.63. The van der Waals surface area contributed by atoms with Crippen LogP contribution in [-0.4, -0.2) is 35.1 Å². The van der Waals surface area contributed by atoms with Gasteiger partial charge in [0.15, 0.2) is 5.60 Å². The van der Waals surface area contributed by atoms with Crippen LogP contribution in [0.15, 0.2) is 23.3 Å². The summed E-state index contributed by atoms with van der Waals surface area (Å²) in [5.41, 5.74) is 1.85. The second-order valence-electron chi connectivity index (χ2n) is 5.93. The van der Waals surface area contributed by atoms with E-state index >= 15 is 0 Å². The van der Waals surface area contributed by atoms with Crippen LogP contribution in [0.25, 0.3) is 0 Å². The number of rotatable bonds is 0. The van der Waals surface area contributed by atoms with Crippen molar-refractivity contribution in [3.63, 3.8) is 0 Å². The average Bonchev–Trinajstić information content (AvgIpc) is 2.62. The monoisotopic (exact) mass is 247 g/mol. The van der Waals surface area contributed by atoms with Gasteiger partial charge in [-0.3, -0.25) is 4.90 Å². The summed E-state index contributed by atoms with van der Waals surface area (Å²) in [7, 11) is 0. The van der Waals surface area contributed by atoms with Crippen LogP contribution < -0.4 is 0 Å². The third kappa shape index (κ3) is 1.57. The SMILES string of the molecule is CC1=C[C@H](C)N2CCCCC2[C@@]2(C)OC(=O)C=C12. The molecular weight excluding hydrogens is 226 g/mol. The smallest absolute Gasteiger partial charge is 0.332 e. The summed E-state index contributed by atoms with van der Waals surface area (Å²) in [4.78, 5) is 14.2. The second-order valence-corrected chi connectivity index (χ2v) is 5.93. The lowest BCUT2D eigenvalue weighted by Gasteiger charge is -2.45. The van der Waals surface area contributed by atoms with E-state index in [2.05, 4.69) is 31.7 Å². The van der Waals surface area contributed by atoms with E-state index in [1.54, 1.807) is 6.08 Å². The Labute approximate surface area is 108 Å². The minimum absolute atomic E-state index is 0.180. The van der Waals surface area contributed by atoms with E-state index in [4.69, 9.17) is 4.74 Å². The molecule has 0 bridgehead atoms. The molecule has 3 rings (SSSR count). The topological polar surface area (TPSA) is 29.5 Å². The molecule has 1 unspecified atom stereocenters. The molecule has 18 heavy (non-hydrogen) atoms. The number of carbonyl (C=O) groups is 1. The molecule has 3 nitrogen and oxygen atoms in total. The summed E-state index contributed by atoms with van der Waals surface area (Å²) in [6.45, 7) is 7.54. The number of ether oxygens (including phenoxy) is 1. The number of carbonyl (C=O) groups excluding carboxylic acids is 1. The van der Waals surface area contributed by atoms with Gasteiger partial charge in [-0.2, -0.15) is 0 Å². The van der Waals surface area contributed by atoms with Gasteiger partial charge in [0.1, 0.15) is 0 Å². The molecule has 0 aromatic carbocycles. The fourth-order valence-electron chi connectivity index (χ4n) is 3.89. The lowest BCUT2D eigenvalue weighted by molar-refractivity contribution is -0.151. The molecular formula is C15H21NO2. The molecule has 1 saturated heterocycles. The summed E-state index contributed by atoms with van der Waals surface area (Å²) >= 11 is 0. The highest BCUT2D eigenvalue weighted by atomic mass is 16.6. The number of nitrogens with zero attached hydrogens (tertiary/aromatic N) is 1. The third-order valence-electron chi connectivity index (χ3n) is 4.73. The molecule has 1 fully saturated rings. The Hall–Kier alpha value is -1.09. The Balaban J connectivity index is 2.10. The standard InChI is InChI=1S/C15H21NO2/c1-10-8-11(2)16-7-5-4-6-13(16)15(3)12(10)9-14(17)18-15/h8-9,11,13H,4-7H2,1-3H3/t11-,13?,15-/m0/s1. The highest BCUT2D eigenvalue weighted by molar-refractivity contribution is 5.88. The van der Waals surface area contributed by atoms with E-state index < -0.39 is 5.60 Å². The van der Waals surface area contributed by atoms with Crippen LogP contribution in [0.4, 0.5) is 0 Å². The first-order valence-electron chi connectivity index (χ1n) is 6.92. The highest BCUT2D eigenvalue weighted by Crippen LogP contribution is 2.43. The molecule has 3 heteroatoms. The van der Waals surface area contributed by atoms with E-state index in [1.807, 2.05) is 0 Å². The highest BCUT2D eigenvalue weighted by Gasteiger charge is 2.50. The molecule has 0 amide bonds. The van der Waals surface area contributed by atoms with Crippen molar-refractivity contribution in [3.05, 3.63) is 23.3 Å². The van der Waals surface area contributed by atoms with Gasteiger partial charge in [-0.1, -0.05) is 12.5 Å². The van der Waals surface area contributed by atoms with Gasteiger partial charge in [-0.15, -0.1) is 0 Å². The van der Waals surface area contributed by atoms with Crippen molar-refractivity contribution < 1.29 is 9.53 Å². The van der Waals surface area contributed by atoms with Gasteiger partial charge in [-0.05, 0) is 45.7 Å². The van der Waals surface area contributed by atoms with Gasteiger partial charge in [0.25, 0.3) is 0 Å². The first-order valence-corrected chi connectivity index (χ1v) is 6.92. The van der Waals surface area contributed by atoms with Gasteiger partial charge in [0.05, 0.1) is 6.04 Å². The maximum Gasteiger partial charge on any atom is 0.332 e. The molecule has 3 aliphatic rings. The Morgan fingerprint density at radius 1 is 1.44 bits per heavy atom. The molecule has 98 valence electrons. The molecule has 0 aromatic rings. The van der Waals surface area contributed by atoms with E-state index in [9.17, 15) is 4.79 Å². The van der Waals surface area contributed by atoms with Crippen molar-refractivity contribution in [2.24, 2.45) is 0 Å². The summed E-state index contributed by atoms with van der Waals surface area (Å²) in [6, 6.07) is 0.755. The van der Waals surface area contributed by atoms with Crippen LogP contribution in [0, 0.1) is 0 Å². The van der Waals surface area contributed by atoms with Crippen molar-refractivity contribution in [1.82, 2.24) is 4.90 Å². The number of hydrogen-bond donors (Lipinski definition) is 0. The normalized spacial score (nSPS) is 40.3. The van der Waals surface area contributed by atoms with Crippen molar-refractivity contribution in [3.8, 4) is 0 Å². The second kappa shape index (κ2) is 3.95. The summed E-state index contributed by atoms with van der Waals surface area (Å²) < 4.78 is 5.71. The summed E-state index contributed by atoms with van der Waals surface area (Å²) in [5.74, 6) is -0.180. The molecule has 0 spiro atoms. The predicted molar refractivity (Wildman–Crippen MR) is 70.1 cm³/mol. The van der Waals surface area contributed by atoms with Gasteiger partial charge in [0.2, 0.25) is 0 Å². The first kappa shape index (κ1) is 12.0. The lowest BCUT2D eigenvalue weighted by Crippen LogP contribution is -2.55. The number of hydrogen-bond acceptors (Lipinski definition) is 3. The number of piperidine rings is 1.